The van der Waals surface area contributed by atoms with E-state index in [1.165, 1.54) is 42.6 Å². The van der Waals surface area contributed by atoms with Crippen molar-refractivity contribution in [1.29, 1.82) is 0 Å². The Morgan fingerprint density at radius 3 is 2.67 bits per heavy atom. The molecule has 5 rings (SSSR count). The van der Waals surface area contributed by atoms with Crippen LogP contribution in [0.5, 0.6) is 11.6 Å². The molecular formula is C26H25Cl2FN6O3S. The number of hydrogen-bond donors (Lipinski definition) is 3. The first kappa shape index (κ1) is 28.5. The SMILES string of the molecule is Cl.O=S(=O)(Nc1cccc(Oc2ncccc2-c2ccnc(N[C@H]3CCCNC3)n2)c1F)c1ccccc1Cl. The standard InChI is InChI=1S/C26H24ClFN6O3S.ClH/c27-19-8-1-2-11-23(19)38(35,36)34-21-9-3-10-22(24(21)28)37-25-18(7-5-14-30-25)20-12-15-31-26(33-20)32-17-6-4-13-29-16-17;/h1-3,5,7-12,14-15,17,29,34H,4,6,13,16H2,(H,31,32,33);1H/t17-;/m0./s1. The highest BCUT2D eigenvalue weighted by molar-refractivity contribution is 7.92. The second-order valence-corrected chi connectivity index (χ2v) is 10.6. The second-order valence-electron chi connectivity index (χ2n) is 8.56. The number of nitrogens with one attached hydrogen (secondary N) is 3. The van der Waals surface area contributed by atoms with Crippen molar-refractivity contribution >= 4 is 45.7 Å². The number of halogens is 3. The van der Waals surface area contributed by atoms with Crippen molar-refractivity contribution in [3.63, 3.8) is 0 Å². The number of nitrogens with zero attached hydrogens (tertiary/aromatic N) is 3. The molecule has 0 radical (unpaired) electrons. The van der Waals surface area contributed by atoms with Crippen LogP contribution >= 0.6 is 24.0 Å². The van der Waals surface area contributed by atoms with Crippen LogP contribution in [-0.4, -0.2) is 42.5 Å². The number of anilines is 2. The molecule has 2 aromatic carbocycles. The Hall–Kier alpha value is -3.51. The minimum Gasteiger partial charge on any atom is -0.435 e. The lowest BCUT2D eigenvalue weighted by Crippen LogP contribution is -2.38. The van der Waals surface area contributed by atoms with E-state index in [0.717, 1.165) is 25.9 Å². The van der Waals surface area contributed by atoms with Crippen LogP contribution in [0.1, 0.15) is 12.8 Å². The van der Waals surface area contributed by atoms with Gasteiger partial charge in [0.15, 0.2) is 11.6 Å². The summed E-state index contributed by atoms with van der Waals surface area (Å²) >= 11 is 6.03. The van der Waals surface area contributed by atoms with E-state index >= 15 is 4.39 Å². The number of benzene rings is 2. The lowest BCUT2D eigenvalue weighted by molar-refractivity contribution is 0.430. The molecule has 2 aromatic heterocycles. The Morgan fingerprint density at radius 2 is 1.87 bits per heavy atom. The lowest BCUT2D eigenvalue weighted by Gasteiger charge is -2.23. The molecule has 4 aromatic rings. The normalized spacial score (nSPS) is 15.2. The Morgan fingerprint density at radius 1 is 1.03 bits per heavy atom. The van der Waals surface area contributed by atoms with Crippen molar-refractivity contribution in [1.82, 2.24) is 20.3 Å². The van der Waals surface area contributed by atoms with Gasteiger partial charge in [-0.25, -0.2) is 27.8 Å². The van der Waals surface area contributed by atoms with Gasteiger partial charge < -0.3 is 15.4 Å². The summed E-state index contributed by atoms with van der Waals surface area (Å²) in [5, 5.41) is 6.69. The van der Waals surface area contributed by atoms with Gasteiger partial charge in [0.2, 0.25) is 11.8 Å². The molecule has 1 aliphatic heterocycles. The third-order valence-electron chi connectivity index (χ3n) is 5.87. The Bertz CT molecular complexity index is 1550. The quantitative estimate of drug-likeness (QED) is 0.246. The second kappa shape index (κ2) is 12.6. The van der Waals surface area contributed by atoms with Gasteiger partial charge in [-0.1, -0.05) is 29.8 Å². The largest absolute Gasteiger partial charge is 0.435 e. The number of aromatic nitrogens is 3. The molecule has 1 saturated heterocycles. The summed E-state index contributed by atoms with van der Waals surface area (Å²) in [6.45, 7) is 1.82. The van der Waals surface area contributed by atoms with Crippen molar-refractivity contribution in [2.24, 2.45) is 0 Å². The van der Waals surface area contributed by atoms with Crippen molar-refractivity contribution in [3.05, 3.63) is 83.9 Å². The summed E-state index contributed by atoms with van der Waals surface area (Å²) in [4.78, 5) is 13.0. The highest BCUT2D eigenvalue weighted by atomic mass is 35.5. The molecule has 13 heteroatoms. The van der Waals surface area contributed by atoms with Crippen LogP contribution < -0.4 is 20.1 Å². The molecule has 1 aliphatic rings. The predicted octanol–water partition coefficient (Wildman–Crippen LogP) is 5.51. The average Bonchev–Trinajstić information content (AvgIpc) is 2.92. The van der Waals surface area contributed by atoms with E-state index in [1.807, 2.05) is 0 Å². The average molecular weight is 591 g/mol. The summed E-state index contributed by atoms with van der Waals surface area (Å²) < 4.78 is 49.1. The summed E-state index contributed by atoms with van der Waals surface area (Å²) in [6.07, 6.45) is 5.21. The van der Waals surface area contributed by atoms with Crippen LogP contribution in [-0.2, 0) is 10.0 Å². The highest BCUT2D eigenvalue weighted by Crippen LogP contribution is 2.34. The molecule has 0 spiro atoms. The fourth-order valence-corrected chi connectivity index (χ4v) is 5.62. The van der Waals surface area contributed by atoms with Crippen LogP contribution in [0.2, 0.25) is 5.02 Å². The van der Waals surface area contributed by atoms with E-state index in [0.29, 0.717) is 17.2 Å². The minimum atomic E-state index is -4.15. The van der Waals surface area contributed by atoms with Crippen LogP contribution in [0.3, 0.4) is 0 Å². The maximum Gasteiger partial charge on any atom is 0.263 e. The molecule has 0 bridgehead atoms. The van der Waals surface area contributed by atoms with Crippen molar-refractivity contribution in [3.8, 4) is 22.9 Å². The first-order valence-electron chi connectivity index (χ1n) is 11.9. The summed E-state index contributed by atoms with van der Waals surface area (Å²) in [5.74, 6) is -0.561. The number of ether oxygens (including phenoxy) is 1. The van der Waals surface area contributed by atoms with Crippen molar-refractivity contribution < 1.29 is 17.5 Å². The zero-order valence-electron chi connectivity index (χ0n) is 20.5. The lowest BCUT2D eigenvalue weighted by atomic mass is 10.1. The Labute approximate surface area is 236 Å². The predicted molar refractivity (Wildman–Crippen MR) is 151 cm³/mol. The topological polar surface area (TPSA) is 118 Å². The molecular weight excluding hydrogens is 566 g/mol. The molecule has 39 heavy (non-hydrogen) atoms. The van der Waals surface area contributed by atoms with E-state index in [1.54, 1.807) is 30.5 Å². The van der Waals surface area contributed by atoms with Gasteiger partial charge in [0.05, 0.1) is 22.0 Å². The van der Waals surface area contributed by atoms with Gasteiger partial charge in [0.1, 0.15) is 4.90 Å². The summed E-state index contributed by atoms with van der Waals surface area (Å²) in [6, 6.07) is 15.4. The van der Waals surface area contributed by atoms with Crippen molar-refractivity contribution in [2.45, 2.75) is 23.8 Å². The van der Waals surface area contributed by atoms with Gasteiger partial charge in [0.25, 0.3) is 10.0 Å². The van der Waals surface area contributed by atoms with Crippen LogP contribution in [0, 0.1) is 5.82 Å². The van der Waals surface area contributed by atoms with E-state index in [9.17, 15) is 8.42 Å². The van der Waals surface area contributed by atoms with Gasteiger partial charge in [-0.2, -0.15) is 0 Å². The van der Waals surface area contributed by atoms with Gasteiger partial charge in [0, 0.05) is 25.0 Å². The zero-order valence-corrected chi connectivity index (χ0v) is 22.9. The van der Waals surface area contributed by atoms with Gasteiger partial charge >= 0.3 is 0 Å². The molecule has 1 atom stereocenters. The van der Waals surface area contributed by atoms with Gasteiger partial charge in [-0.3, -0.25) is 4.72 Å². The zero-order chi connectivity index (χ0) is 26.5. The Kier molecular flexibility index (Phi) is 9.18. The van der Waals surface area contributed by atoms with Gasteiger partial charge in [-0.05, 0) is 61.9 Å². The highest BCUT2D eigenvalue weighted by Gasteiger charge is 2.22. The maximum absolute atomic E-state index is 15.4. The molecule has 3 N–H and O–H groups in total. The first-order valence-corrected chi connectivity index (χ1v) is 13.8. The smallest absolute Gasteiger partial charge is 0.263 e. The number of rotatable bonds is 8. The van der Waals surface area contributed by atoms with E-state index in [-0.39, 0.29) is 45.7 Å². The number of hydrogen-bond acceptors (Lipinski definition) is 8. The van der Waals surface area contributed by atoms with Crippen LogP contribution in [0.4, 0.5) is 16.0 Å². The third-order valence-corrected chi connectivity index (χ3v) is 7.74. The Balaban J connectivity index is 0.00000353. The summed E-state index contributed by atoms with van der Waals surface area (Å²) in [5.41, 5.74) is 0.751. The van der Waals surface area contributed by atoms with E-state index < -0.39 is 15.8 Å². The molecule has 9 nitrogen and oxygen atoms in total. The fraction of sp³-hybridized carbons (Fsp3) is 0.192. The number of piperidine rings is 1. The minimum absolute atomic E-state index is 0. The molecule has 0 aliphatic carbocycles. The van der Waals surface area contributed by atoms with Crippen molar-refractivity contribution in [2.75, 3.05) is 23.1 Å². The maximum atomic E-state index is 15.4. The van der Waals surface area contributed by atoms with Crippen LogP contribution in [0.25, 0.3) is 11.3 Å². The molecule has 0 unspecified atom stereocenters. The van der Waals surface area contributed by atoms with Gasteiger partial charge in [-0.15, -0.1) is 12.4 Å². The number of pyridine rings is 1. The third kappa shape index (κ3) is 6.74. The van der Waals surface area contributed by atoms with E-state index in [2.05, 4.69) is 30.3 Å². The van der Waals surface area contributed by atoms with Crippen LogP contribution in [0.15, 0.2) is 78.0 Å². The monoisotopic (exact) mass is 590 g/mol. The first-order chi connectivity index (χ1) is 18.4. The van der Waals surface area contributed by atoms with E-state index in [4.69, 9.17) is 16.3 Å². The molecule has 3 heterocycles. The fourth-order valence-electron chi connectivity index (χ4n) is 4.04. The molecule has 204 valence electrons. The number of sulfonamides is 1. The molecule has 0 saturated carbocycles. The molecule has 1 fully saturated rings. The molecule has 0 amide bonds. The summed E-state index contributed by atoms with van der Waals surface area (Å²) in [7, 11) is -4.15.